The second-order valence-electron chi connectivity index (χ2n) is 6.12. The van der Waals surface area contributed by atoms with Crippen LogP contribution in [0.3, 0.4) is 0 Å². The summed E-state index contributed by atoms with van der Waals surface area (Å²) in [7, 11) is 0. The second-order valence-corrected chi connectivity index (χ2v) is 8.38. The Labute approximate surface area is 187 Å². The topological polar surface area (TPSA) is 69.0 Å². The van der Waals surface area contributed by atoms with Crippen LogP contribution >= 0.6 is 39.3 Å². The van der Waals surface area contributed by atoms with E-state index in [1.54, 1.807) is 6.07 Å². The maximum absolute atomic E-state index is 12.2. The smallest absolute Gasteiger partial charge is 0.234 e. The lowest BCUT2D eigenvalue weighted by Gasteiger charge is -2.16. The van der Waals surface area contributed by atoms with Crippen LogP contribution < -0.4 is 10.1 Å². The number of amides is 1. The summed E-state index contributed by atoms with van der Waals surface area (Å²) >= 11 is 10.9. The number of halogens is 2. The molecule has 9 heteroatoms. The van der Waals surface area contributed by atoms with Gasteiger partial charge >= 0.3 is 0 Å². The van der Waals surface area contributed by atoms with Crippen molar-refractivity contribution in [3.05, 3.63) is 63.9 Å². The van der Waals surface area contributed by atoms with Crippen LogP contribution in [0.4, 0.5) is 5.69 Å². The van der Waals surface area contributed by atoms with Gasteiger partial charge in [-0.25, -0.2) is 0 Å². The van der Waals surface area contributed by atoms with Gasteiger partial charge in [-0.05, 0) is 50.2 Å². The predicted molar refractivity (Wildman–Crippen MR) is 120 cm³/mol. The molecule has 1 heterocycles. The van der Waals surface area contributed by atoms with Gasteiger partial charge in [0, 0.05) is 16.7 Å². The van der Waals surface area contributed by atoms with Crippen LogP contribution in [0.2, 0.25) is 5.02 Å². The average Bonchev–Trinajstić information content (AvgIpc) is 3.13. The van der Waals surface area contributed by atoms with Gasteiger partial charge in [0.2, 0.25) is 5.91 Å². The Balaban J connectivity index is 1.63. The van der Waals surface area contributed by atoms with E-state index in [-0.39, 0.29) is 17.8 Å². The van der Waals surface area contributed by atoms with Crippen molar-refractivity contribution >= 4 is 50.9 Å². The number of para-hydroxylation sites is 1. The van der Waals surface area contributed by atoms with E-state index in [0.717, 1.165) is 10.2 Å². The fraction of sp³-hybridized carbons (Fsp3) is 0.250. The summed E-state index contributed by atoms with van der Waals surface area (Å²) in [6.07, 6.45) is -0.340. The number of nitrogens with one attached hydrogen (secondary N) is 1. The van der Waals surface area contributed by atoms with Crippen LogP contribution in [0, 0.1) is 0 Å². The molecule has 1 unspecified atom stereocenters. The molecular formula is C20H20BrClN4O2S. The van der Waals surface area contributed by atoms with Crippen molar-refractivity contribution in [2.75, 3.05) is 11.1 Å². The Kier molecular flexibility index (Phi) is 7.57. The molecule has 1 N–H and O–H groups in total. The minimum atomic E-state index is -0.340. The second kappa shape index (κ2) is 10.1. The first kappa shape index (κ1) is 21.7. The molecule has 1 amide bonds. The van der Waals surface area contributed by atoms with Crippen LogP contribution in [-0.4, -0.2) is 26.4 Å². The van der Waals surface area contributed by atoms with E-state index in [0.29, 0.717) is 28.3 Å². The van der Waals surface area contributed by atoms with Crippen molar-refractivity contribution in [3.63, 3.8) is 0 Å². The Bertz CT molecular complexity index is 981. The number of carbonyl (C=O) groups is 1. The number of rotatable bonds is 8. The fourth-order valence-corrected chi connectivity index (χ4v) is 3.90. The van der Waals surface area contributed by atoms with Gasteiger partial charge in [-0.15, -0.1) is 10.2 Å². The van der Waals surface area contributed by atoms with Crippen LogP contribution in [-0.2, 0) is 11.3 Å². The molecule has 0 aliphatic carbocycles. The van der Waals surface area contributed by atoms with Crippen molar-refractivity contribution in [2.45, 2.75) is 31.7 Å². The summed E-state index contributed by atoms with van der Waals surface area (Å²) < 4.78 is 8.86. The first-order valence-corrected chi connectivity index (χ1v) is 11.2. The van der Waals surface area contributed by atoms with Crippen molar-refractivity contribution < 1.29 is 9.53 Å². The van der Waals surface area contributed by atoms with Crippen molar-refractivity contribution in [1.82, 2.24) is 14.8 Å². The largest absolute Gasteiger partial charge is 0.481 e. The molecule has 3 rings (SSSR count). The van der Waals surface area contributed by atoms with Crippen LogP contribution in [0.25, 0.3) is 0 Å². The number of benzene rings is 2. The molecule has 0 spiro atoms. The van der Waals surface area contributed by atoms with E-state index in [2.05, 4.69) is 31.4 Å². The monoisotopic (exact) mass is 494 g/mol. The number of carbonyl (C=O) groups excluding carboxylic acids is 1. The third-order valence-corrected chi connectivity index (χ3v) is 5.83. The zero-order chi connectivity index (χ0) is 20.8. The van der Waals surface area contributed by atoms with E-state index < -0.39 is 0 Å². The zero-order valence-electron chi connectivity index (χ0n) is 15.9. The lowest BCUT2D eigenvalue weighted by Crippen LogP contribution is -2.15. The van der Waals surface area contributed by atoms with Crippen molar-refractivity contribution in [1.29, 1.82) is 0 Å². The van der Waals surface area contributed by atoms with Crippen molar-refractivity contribution in [2.24, 2.45) is 0 Å². The average molecular weight is 496 g/mol. The number of hydrogen-bond donors (Lipinski definition) is 1. The zero-order valence-corrected chi connectivity index (χ0v) is 19.1. The number of ether oxygens (including phenoxy) is 1. The Hall–Kier alpha value is -2.03. The van der Waals surface area contributed by atoms with E-state index in [4.69, 9.17) is 16.3 Å². The maximum atomic E-state index is 12.2. The van der Waals surface area contributed by atoms with Crippen LogP contribution in [0.15, 0.2) is 58.2 Å². The molecule has 29 heavy (non-hydrogen) atoms. The first-order valence-electron chi connectivity index (χ1n) is 9.00. The third-order valence-electron chi connectivity index (χ3n) is 4.03. The third kappa shape index (κ3) is 5.74. The molecule has 1 aromatic heterocycles. The highest BCUT2D eigenvalue weighted by Crippen LogP contribution is 2.29. The molecule has 0 saturated heterocycles. The van der Waals surface area contributed by atoms with E-state index in [1.165, 1.54) is 11.8 Å². The van der Waals surface area contributed by atoms with E-state index >= 15 is 0 Å². The van der Waals surface area contributed by atoms with Gasteiger partial charge in [0.15, 0.2) is 17.1 Å². The molecule has 0 radical (unpaired) electrons. The molecular weight excluding hydrogens is 476 g/mol. The number of thioether (sulfide) groups is 1. The molecule has 1 atom stereocenters. The molecule has 2 aromatic carbocycles. The fourth-order valence-electron chi connectivity index (χ4n) is 2.65. The normalized spacial score (nSPS) is 11.9. The minimum absolute atomic E-state index is 0.107. The number of nitrogens with zero attached hydrogens (tertiary/aromatic N) is 3. The van der Waals surface area contributed by atoms with Crippen LogP contribution in [0.5, 0.6) is 5.75 Å². The molecule has 6 nitrogen and oxygen atoms in total. The highest BCUT2D eigenvalue weighted by atomic mass is 79.9. The molecule has 0 aliphatic rings. The Morgan fingerprint density at radius 1 is 1.24 bits per heavy atom. The predicted octanol–water partition coefficient (Wildman–Crippen LogP) is 5.58. The summed E-state index contributed by atoms with van der Waals surface area (Å²) in [6, 6.07) is 14.7. The summed E-state index contributed by atoms with van der Waals surface area (Å²) in [6.45, 7) is 4.56. The quantitative estimate of drug-likeness (QED) is 0.413. The first-order chi connectivity index (χ1) is 14.0. The van der Waals surface area contributed by atoms with E-state index in [1.807, 2.05) is 60.9 Å². The minimum Gasteiger partial charge on any atom is -0.481 e. The molecule has 0 aliphatic heterocycles. The lowest BCUT2D eigenvalue weighted by molar-refractivity contribution is -0.113. The van der Waals surface area contributed by atoms with Gasteiger partial charge < -0.3 is 14.6 Å². The summed E-state index contributed by atoms with van der Waals surface area (Å²) in [5.41, 5.74) is 0.748. The molecule has 0 saturated carbocycles. The number of aromatic nitrogens is 3. The highest BCUT2D eigenvalue weighted by molar-refractivity contribution is 9.10. The van der Waals surface area contributed by atoms with Crippen LogP contribution in [0.1, 0.15) is 25.8 Å². The van der Waals surface area contributed by atoms with Crippen molar-refractivity contribution in [3.8, 4) is 5.75 Å². The summed E-state index contributed by atoms with van der Waals surface area (Å²) in [4.78, 5) is 12.2. The maximum Gasteiger partial charge on any atom is 0.234 e. The molecule has 152 valence electrons. The Morgan fingerprint density at radius 3 is 2.66 bits per heavy atom. The number of anilines is 1. The molecule has 0 bridgehead atoms. The number of hydrogen-bond acceptors (Lipinski definition) is 5. The summed E-state index contributed by atoms with van der Waals surface area (Å²) in [5.74, 6) is 1.40. The SMILES string of the molecule is CCn1c(SCC(=O)Nc2ccc(Br)cc2)nnc1C(C)Oc1ccccc1Cl. The van der Waals surface area contributed by atoms with Gasteiger partial charge in [-0.2, -0.15) is 0 Å². The molecule has 3 aromatic rings. The highest BCUT2D eigenvalue weighted by Gasteiger charge is 2.20. The van der Waals surface area contributed by atoms with E-state index in [9.17, 15) is 4.79 Å². The summed E-state index contributed by atoms with van der Waals surface area (Å²) in [5, 5.41) is 12.6. The lowest BCUT2D eigenvalue weighted by atomic mass is 10.3. The van der Waals surface area contributed by atoms with Gasteiger partial charge in [0.25, 0.3) is 0 Å². The van der Waals surface area contributed by atoms with Gasteiger partial charge in [-0.1, -0.05) is 51.4 Å². The Morgan fingerprint density at radius 2 is 1.97 bits per heavy atom. The van der Waals surface area contributed by atoms with Gasteiger partial charge in [0.1, 0.15) is 5.75 Å². The van der Waals surface area contributed by atoms with Gasteiger partial charge in [-0.3, -0.25) is 4.79 Å². The molecule has 0 fully saturated rings. The van der Waals surface area contributed by atoms with Gasteiger partial charge in [0.05, 0.1) is 10.8 Å². The standard InChI is InChI=1S/C20H20BrClN4O2S/c1-3-26-19(13(2)28-17-7-5-4-6-16(17)22)24-25-20(26)29-12-18(27)23-15-10-8-14(21)9-11-15/h4-11,13H,3,12H2,1-2H3,(H,23,27).